The van der Waals surface area contributed by atoms with Crippen LogP contribution in [-0.2, 0) is 9.53 Å². The Labute approximate surface area is 82.4 Å². The van der Waals surface area contributed by atoms with Crippen LogP contribution in [-0.4, -0.2) is 17.9 Å². The van der Waals surface area contributed by atoms with Gasteiger partial charge in [-0.15, -0.1) is 0 Å². The van der Waals surface area contributed by atoms with Crippen molar-refractivity contribution in [3.63, 3.8) is 0 Å². The fourth-order valence-electron chi connectivity index (χ4n) is 1.35. The Morgan fingerprint density at radius 2 is 2.21 bits per heavy atom. The van der Waals surface area contributed by atoms with E-state index in [1.807, 2.05) is 31.2 Å². The number of hydrogen-bond acceptors (Lipinski definition) is 2. The van der Waals surface area contributed by atoms with Crippen LogP contribution >= 0.6 is 0 Å². The molecular formula is C11H11NO2. The molecule has 0 saturated heterocycles. The summed E-state index contributed by atoms with van der Waals surface area (Å²) in [6.07, 6.45) is -0.439. The summed E-state index contributed by atoms with van der Waals surface area (Å²) in [4.78, 5) is 15.0. The summed E-state index contributed by atoms with van der Waals surface area (Å²) < 4.78 is 5.32. The van der Waals surface area contributed by atoms with Crippen molar-refractivity contribution in [3.05, 3.63) is 35.4 Å². The summed E-state index contributed by atoms with van der Waals surface area (Å²) >= 11 is 0. The van der Waals surface area contributed by atoms with Crippen molar-refractivity contribution in [2.45, 2.75) is 20.0 Å². The lowest BCUT2D eigenvalue weighted by molar-refractivity contribution is -0.121. The van der Waals surface area contributed by atoms with E-state index >= 15 is 0 Å². The second-order valence-corrected chi connectivity index (χ2v) is 3.38. The Morgan fingerprint density at radius 1 is 1.43 bits per heavy atom. The largest absolute Gasteiger partial charge is 0.464 e. The van der Waals surface area contributed by atoms with Crippen molar-refractivity contribution in [2.24, 2.45) is 4.99 Å². The van der Waals surface area contributed by atoms with E-state index in [9.17, 15) is 4.79 Å². The van der Waals surface area contributed by atoms with E-state index in [4.69, 9.17) is 4.74 Å². The highest BCUT2D eigenvalue weighted by atomic mass is 16.5. The molecule has 1 unspecified atom stereocenters. The number of hydrogen-bond donors (Lipinski definition) is 0. The average molecular weight is 189 g/mol. The predicted octanol–water partition coefficient (Wildman–Crippen LogP) is 1.69. The molecule has 1 aliphatic rings. The molecule has 0 spiro atoms. The van der Waals surface area contributed by atoms with E-state index in [1.54, 1.807) is 6.92 Å². The Morgan fingerprint density at radius 3 is 2.79 bits per heavy atom. The number of rotatable bonds is 1. The van der Waals surface area contributed by atoms with Crippen LogP contribution in [0.3, 0.4) is 0 Å². The highest BCUT2D eigenvalue weighted by Crippen LogP contribution is 2.14. The van der Waals surface area contributed by atoms with Crippen LogP contribution in [0.2, 0.25) is 0 Å². The zero-order valence-electron chi connectivity index (χ0n) is 8.15. The van der Waals surface area contributed by atoms with Crippen LogP contribution < -0.4 is 0 Å². The number of ether oxygens (including phenoxy) is 1. The summed E-state index contributed by atoms with van der Waals surface area (Å²) in [5, 5.41) is 0. The highest BCUT2D eigenvalue weighted by molar-refractivity contribution is 6.07. The van der Waals surface area contributed by atoms with Crippen LogP contribution in [0.4, 0.5) is 0 Å². The fraction of sp³-hybridized carbons (Fsp3) is 0.273. The van der Waals surface area contributed by atoms with Gasteiger partial charge in [-0.1, -0.05) is 17.7 Å². The molecule has 3 nitrogen and oxygen atoms in total. The summed E-state index contributed by atoms with van der Waals surface area (Å²) in [6.45, 7) is 3.69. The van der Waals surface area contributed by atoms with E-state index in [2.05, 4.69) is 4.99 Å². The molecule has 2 rings (SSSR count). The topological polar surface area (TPSA) is 38.7 Å². The lowest BCUT2D eigenvalue weighted by Crippen LogP contribution is -2.12. The van der Waals surface area contributed by atoms with Crippen molar-refractivity contribution >= 4 is 11.8 Å². The molecule has 14 heavy (non-hydrogen) atoms. The number of aliphatic imine (C=N–C) groups is 1. The van der Waals surface area contributed by atoms with Crippen molar-refractivity contribution in [3.8, 4) is 0 Å². The van der Waals surface area contributed by atoms with Gasteiger partial charge in [0.15, 0.2) is 6.10 Å². The Hall–Kier alpha value is -1.64. The zero-order chi connectivity index (χ0) is 10.1. The molecule has 1 aliphatic heterocycles. The van der Waals surface area contributed by atoms with Gasteiger partial charge in [0.2, 0.25) is 5.90 Å². The minimum atomic E-state index is -0.439. The van der Waals surface area contributed by atoms with E-state index in [0.717, 1.165) is 11.1 Å². The van der Waals surface area contributed by atoms with Gasteiger partial charge in [-0.25, -0.2) is 0 Å². The lowest BCUT2D eigenvalue weighted by atomic mass is 10.1. The third-order valence-electron chi connectivity index (χ3n) is 2.11. The van der Waals surface area contributed by atoms with Crippen molar-refractivity contribution in [1.82, 2.24) is 0 Å². The quantitative estimate of drug-likeness (QED) is 0.674. The zero-order valence-corrected chi connectivity index (χ0v) is 8.15. The Bertz CT molecular complexity index is 410. The van der Waals surface area contributed by atoms with Gasteiger partial charge in [-0.05, 0) is 26.0 Å². The summed E-state index contributed by atoms with van der Waals surface area (Å²) in [5.74, 6) is 0.229. The maximum atomic E-state index is 11.1. The number of carbonyl (C=O) groups excluding carboxylic acids is 1. The lowest BCUT2D eigenvalue weighted by Gasteiger charge is -2.04. The van der Waals surface area contributed by atoms with Crippen LogP contribution in [0.15, 0.2) is 29.3 Å². The van der Waals surface area contributed by atoms with Gasteiger partial charge in [0.1, 0.15) is 0 Å². The highest BCUT2D eigenvalue weighted by Gasteiger charge is 2.25. The molecule has 3 heteroatoms. The fourth-order valence-corrected chi connectivity index (χ4v) is 1.35. The van der Waals surface area contributed by atoms with Gasteiger partial charge in [0.25, 0.3) is 5.91 Å². The van der Waals surface area contributed by atoms with Crippen molar-refractivity contribution in [2.75, 3.05) is 0 Å². The minimum Gasteiger partial charge on any atom is -0.464 e. The third kappa shape index (κ3) is 1.53. The first-order chi connectivity index (χ1) is 6.66. The molecule has 0 N–H and O–H groups in total. The third-order valence-corrected chi connectivity index (χ3v) is 2.11. The molecule has 0 aliphatic carbocycles. The first kappa shape index (κ1) is 8.94. The summed E-state index contributed by atoms with van der Waals surface area (Å²) in [7, 11) is 0. The minimum absolute atomic E-state index is 0.207. The second-order valence-electron chi connectivity index (χ2n) is 3.38. The molecule has 1 amide bonds. The molecule has 0 fully saturated rings. The normalized spacial score (nSPS) is 20.6. The first-order valence-corrected chi connectivity index (χ1v) is 4.53. The van der Waals surface area contributed by atoms with Crippen molar-refractivity contribution < 1.29 is 9.53 Å². The summed E-state index contributed by atoms with van der Waals surface area (Å²) in [6, 6.07) is 7.75. The number of carbonyl (C=O) groups is 1. The SMILES string of the molecule is Cc1cccc(C2=NC(=O)C(C)O2)c1. The number of aryl methyl sites for hydroxylation is 1. The maximum absolute atomic E-state index is 11.1. The van der Waals surface area contributed by atoms with Gasteiger partial charge >= 0.3 is 0 Å². The molecule has 1 heterocycles. The van der Waals surface area contributed by atoms with Gasteiger partial charge in [-0.3, -0.25) is 4.79 Å². The van der Waals surface area contributed by atoms with Gasteiger partial charge in [-0.2, -0.15) is 4.99 Å². The maximum Gasteiger partial charge on any atom is 0.289 e. The summed E-state index contributed by atoms with van der Waals surface area (Å²) in [5.41, 5.74) is 1.99. The first-order valence-electron chi connectivity index (χ1n) is 4.53. The van der Waals surface area contributed by atoms with E-state index < -0.39 is 6.10 Å². The molecule has 0 aromatic heterocycles. The van der Waals surface area contributed by atoms with Crippen molar-refractivity contribution in [1.29, 1.82) is 0 Å². The molecule has 0 bridgehead atoms. The number of amides is 1. The smallest absolute Gasteiger partial charge is 0.289 e. The molecule has 1 atom stereocenters. The number of nitrogens with zero attached hydrogens (tertiary/aromatic N) is 1. The standard InChI is InChI=1S/C11H11NO2/c1-7-4-3-5-9(6-7)11-12-10(13)8(2)14-11/h3-6,8H,1-2H3. The van der Waals surface area contributed by atoms with Crippen LogP contribution in [0.1, 0.15) is 18.1 Å². The number of benzene rings is 1. The molecule has 0 saturated carbocycles. The molecule has 72 valence electrons. The molecular weight excluding hydrogens is 178 g/mol. The van der Waals surface area contributed by atoms with Gasteiger partial charge < -0.3 is 4.74 Å². The van der Waals surface area contributed by atoms with E-state index in [1.165, 1.54) is 0 Å². The predicted molar refractivity (Wildman–Crippen MR) is 53.3 cm³/mol. The molecule has 1 aromatic rings. The molecule has 1 aromatic carbocycles. The monoisotopic (exact) mass is 189 g/mol. The van der Waals surface area contributed by atoms with E-state index in [-0.39, 0.29) is 5.91 Å². The van der Waals surface area contributed by atoms with Crippen LogP contribution in [0.25, 0.3) is 0 Å². The van der Waals surface area contributed by atoms with Crippen LogP contribution in [0.5, 0.6) is 0 Å². The second kappa shape index (κ2) is 3.25. The Balaban J connectivity index is 2.33. The van der Waals surface area contributed by atoms with Gasteiger partial charge in [0.05, 0.1) is 0 Å². The Kier molecular flexibility index (Phi) is 2.08. The van der Waals surface area contributed by atoms with Crippen LogP contribution in [0, 0.1) is 6.92 Å². The van der Waals surface area contributed by atoms with Gasteiger partial charge in [0, 0.05) is 5.56 Å². The average Bonchev–Trinajstić information content (AvgIpc) is 2.47. The van der Waals surface area contributed by atoms with E-state index in [0.29, 0.717) is 5.90 Å². The molecule has 0 radical (unpaired) electrons.